The highest BCUT2D eigenvalue weighted by atomic mass is 35.5. The lowest BCUT2D eigenvalue weighted by molar-refractivity contribution is -0.136. The Bertz CT molecular complexity index is 1480. The number of imide groups is 1. The van der Waals surface area contributed by atoms with Crippen molar-refractivity contribution < 1.29 is 18.8 Å². The van der Waals surface area contributed by atoms with Crippen LogP contribution in [0.15, 0.2) is 66.7 Å². The average molecular weight is 575 g/mol. The van der Waals surface area contributed by atoms with Crippen LogP contribution in [0.2, 0.25) is 5.02 Å². The number of piperazine rings is 1. The van der Waals surface area contributed by atoms with Gasteiger partial charge in [-0.2, -0.15) is 0 Å². The SMILES string of the molecule is O=C1CCC(N2Cc3cc(CN4CCN(Cc5ccccc5-c5ccc(Cl)cc5)CC4CF)ccc3C2=O)C(=O)N1. The van der Waals surface area contributed by atoms with Crippen molar-refractivity contribution in [2.45, 2.75) is 44.6 Å². The summed E-state index contributed by atoms with van der Waals surface area (Å²) in [6, 6.07) is 21.0. The highest BCUT2D eigenvalue weighted by Gasteiger charge is 2.39. The molecule has 3 aromatic carbocycles. The van der Waals surface area contributed by atoms with E-state index < -0.39 is 18.6 Å². The molecule has 0 aliphatic carbocycles. The largest absolute Gasteiger partial charge is 0.322 e. The highest BCUT2D eigenvalue weighted by Crippen LogP contribution is 2.30. The molecule has 3 aliphatic rings. The van der Waals surface area contributed by atoms with Crippen LogP contribution in [0.4, 0.5) is 4.39 Å². The van der Waals surface area contributed by atoms with Gasteiger partial charge in [-0.1, -0.05) is 60.1 Å². The number of amides is 3. The Balaban J connectivity index is 1.11. The maximum atomic E-state index is 14.3. The standard InChI is InChI=1S/C32H32ClFN4O3/c33-25-8-6-22(7-9-25)27-4-2-1-3-23(27)18-36-13-14-37(26(16-34)20-36)17-21-5-10-28-24(15-21)19-38(32(28)41)29-11-12-30(39)35-31(29)40/h1-10,15,26,29H,11-14,16-20H2,(H,35,39,40). The Morgan fingerprint density at radius 3 is 2.51 bits per heavy atom. The predicted octanol–water partition coefficient (Wildman–Crippen LogP) is 4.42. The van der Waals surface area contributed by atoms with Gasteiger partial charge in [-0.05, 0) is 52.4 Å². The maximum Gasteiger partial charge on any atom is 0.255 e. The monoisotopic (exact) mass is 574 g/mol. The fraction of sp³-hybridized carbons (Fsp3) is 0.344. The Morgan fingerprint density at radius 2 is 1.73 bits per heavy atom. The zero-order valence-corrected chi connectivity index (χ0v) is 23.4. The summed E-state index contributed by atoms with van der Waals surface area (Å²) in [6.45, 7) is 3.39. The molecule has 3 amide bonds. The number of rotatable bonds is 7. The zero-order chi connectivity index (χ0) is 28.5. The lowest BCUT2D eigenvalue weighted by Crippen LogP contribution is -2.53. The molecule has 0 radical (unpaired) electrons. The number of alkyl halides is 1. The third-order valence-electron chi connectivity index (χ3n) is 8.41. The number of nitrogens with zero attached hydrogens (tertiary/aromatic N) is 3. The summed E-state index contributed by atoms with van der Waals surface area (Å²) in [5.74, 6) is -0.900. The van der Waals surface area contributed by atoms with Crippen molar-refractivity contribution >= 4 is 29.3 Å². The summed E-state index contributed by atoms with van der Waals surface area (Å²) in [6.07, 6.45) is 0.564. The molecule has 2 saturated heterocycles. The van der Waals surface area contributed by atoms with Crippen LogP contribution in [0.25, 0.3) is 11.1 Å². The molecule has 41 heavy (non-hydrogen) atoms. The van der Waals surface area contributed by atoms with E-state index in [1.807, 2.05) is 54.6 Å². The van der Waals surface area contributed by atoms with Crippen LogP contribution in [-0.2, 0) is 29.2 Å². The summed E-state index contributed by atoms with van der Waals surface area (Å²) < 4.78 is 14.3. The van der Waals surface area contributed by atoms with Gasteiger partial charge < -0.3 is 4.90 Å². The molecule has 2 unspecified atom stereocenters. The number of hydrogen-bond donors (Lipinski definition) is 1. The van der Waals surface area contributed by atoms with Crippen LogP contribution in [0, 0.1) is 0 Å². The molecule has 2 atom stereocenters. The van der Waals surface area contributed by atoms with Crippen molar-refractivity contribution in [2.75, 3.05) is 26.3 Å². The van der Waals surface area contributed by atoms with Gasteiger partial charge in [-0.3, -0.25) is 29.5 Å². The number of nitrogens with one attached hydrogen (secondary N) is 1. The van der Waals surface area contributed by atoms with Crippen molar-refractivity contribution in [3.8, 4) is 11.1 Å². The number of carbonyl (C=O) groups excluding carboxylic acids is 3. The molecule has 0 saturated carbocycles. The number of fused-ring (bicyclic) bond motifs is 1. The lowest BCUT2D eigenvalue weighted by Gasteiger charge is -2.40. The molecule has 0 spiro atoms. The van der Waals surface area contributed by atoms with Gasteiger partial charge in [0.2, 0.25) is 11.8 Å². The van der Waals surface area contributed by atoms with Crippen molar-refractivity contribution in [3.63, 3.8) is 0 Å². The minimum atomic E-state index is -0.634. The normalized spacial score (nSPS) is 21.7. The minimum Gasteiger partial charge on any atom is -0.322 e. The number of carbonyl (C=O) groups is 3. The molecule has 3 aliphatic heterocycles. The molecular weight excluding hydrogens is 543 g/mol. The predicted molar refractivity (Wildman–Crippen MR) is 155 cm³/mol. The molecule has 9 heteroatoms. The summed E-state index contributed by atoms with van der Waals surface area (Å²) in [7, 11) is 0. The smallest absolute Gasteiger partial charge is 0.255 e. The van der Waals surface area contributed by atoms with Crippen molar-refractivity contribution in [3.05, 3.63) is 94.0 Å². The van der Waals surface area contributed by atoms with E-state index in [0.717, 1.165) is 41.9 Å². The van der Waals surface area contributed by atoms with Crippen LogP contribution < -0.4 is 5.32 Å². The molecule has 7 nitrogen and oxygen atoms in total. The van der Waals surface area contributed by atoms with E-state index in [0.29, 0.717) is 36.6 Å². The van der Waals surface area contributed by atoms with Gasteiger partial charge in [-0.25, -0.2) is 4.39 Å². The van der Waals surface area contributed by atoms with Crippen LogP contribution in [0.5, 0.6) is 0 Å². The van der Waals surface area contributed by atoms with Crippen molar-refractivity contribution in [2.24, 2.45) is 0 Å². The van der Waals surface area contributed by atoms with Crippen LogP contribution >= 0.6 is 11.6 Å². The molecule has 6 rings (SSSR count). The Kier molecular flexibility index (Phi) is 7.88. The zero-order valence-electron chi connectivity index (χ0n) is 22.7. The summed E-state index contributed by atoms with van der Waals surface area (Å²) in [5.41, 5.74) is 5.93. The maximum absolute atomic E-state index is 14.3. The van der Waals surface area contributed by atoms with Crippen LogP contribution in [0.1, 0.15) is 39.9 Å². The van der Waals surface area contributed by atoms with Crippen LogP contribution in [-0.4, -0.2) is 70.8 Å². The Morgan fingerprint density at radius 1 is 0.927 bits per heavy atom. The summed E-state index contributed by atoms with van der Waals surface area (Å²) in [5, 5.41) is 3.04. The molecule has 3 heterocycles. The molecule has 0 bridgehead atoms. The first-order valence-corrected chi connectivity index (χ1v) is 14.4. The first-order chi connectivity index (χ1) is 19.9. The van der Waals surface area contributed by atoms with E-state index in [1.54, 1.807) is 4.90 Å². The van der Waals surface area contributed by atoms with Gasteiger partial charge in [0.15, 0.2) is 0 Å². The second-order valence-corrected chi connectivity index (χ2v) is 11.5. The van der Waals surface area contributed by atoms with E-state index in [9.17, 15) is 18.8 Å². The highest BCUT2D eigenvalue weighted by molar-refractivity contribution is 6.30. The van der Waals surface area contributed by atoms with Gasteiger partial charge in [0.05, 0.1) is 6.04 Å². The van der Waals surface area contributed by atoms with E-state index in [4.69, 9.17) is 11.6 Å². The molecule has 3 aromatic rings. The second kappa shape index (κ2) is 11.7. The number of benzene rings is 3. The molecular formula is C32H32ClFN4O3. The van der Waals surface area contributed by atoms with E-state index in [1.165, 1.54) is 5.56 Å². The molecule has 212 valence electrons. The topological polar surface area (TPSA) is 73.0 Å². The average Bonchev–Trinajstić information content (AvgIpc) is 3.29. The van der Waals surface area contributed by atoms with E-state index >= 15 is 0 Å². The summed E-state index contributed by atoms with van der Waals surface area (Å²) >= 11 is 6.09. The van der Waals surface area contributed by atoms with Gasteiger partial charge in [0.1, 0.15) is 12.7 Å². The van der Waals surface area contributed by atoms with E-state index in [2.05, 4.69) is 27.2 Å². The molecule has 0 aromatic heterocycles. The van der Waals surface area contributed by atoms with Gasteiger partial charge in [0, 0.05) is 56.3 Å². The number of halogens is 2. The van der Waals surface area contributed by atoms with E-state index in [-0.39, 0.29) is 24.3 Å². The first kappa shape index (κ1) is 27.6. The number of hydrogen-bond acceptors (Lipinski definition) is 5. The van der Waals surface area contributed by atoms with Crippen molar-refractivity contribution in [1.82, 2.24) is 20.0 Å². The summed E-state index contributed by atoms with van der Waals surface area (Å²) in [4.78, 5) is 43.0. The third kappa shape index (κ3) is 5.77. The third-order valence-corrected chi connectivity index (χ3v) is 8.66. The fourth-order valence-corrected chi connectivity index (χ4v) is 6.35. The Labute approximate surface area is 243 Å². The van der Waals surface area contributed by atoms with Crippen LogP contribution in [0.3, 0.4) is 0 Å². The Hall–Kier alpha value is -3.59. The second-order valence-electron chi connectivity index (χ2n) is 11.1. The minimum absolute atomic E-state index is 0.185. The molecule has 1 N–H and O–H groups in total. The lowest BCUT2D eigenvalue weighted by atomic mass is 9.99. The fourth-order valence-electron chi connectivity index (χ4n) is 6.23. The van der Waals surface area contributed by atoms with Gasteiger partial charge in [-0.15, -0.1) is 0 Å². The number of piperidine rings is 1. The first-order valence-electron chi connectivity index (χ1n) is 14.0. The van der Waals surface area contributed by atoms with Gasteiger partial charge in [0.25, 0.3) is 5.91 Å². The quantitative estimate of drug-likeness (QED) is 0.423. The van der Waals surface area contributed by atoms with Crippen molar-refractivity contribution in [1.29, 1.82) is 0 Å². The molecule has 2 fully saturated rings. The van der Waals surface area contributed by atoms with Gasteiger partial charge >= 0.3 is 0 Å².